The number of rotatable bonds is 4. The molecule has 3 nitrogen and oxygen atoms in total. The van der Waals surface area contributed by atoms with E-state index in [1.54, 1.807) is 12.1 Å². The van der Waals surface area contributed by atoms with Gasteiger partial charge in [0.2, 0.25) is 0 Å². The number of nitrogens with one attached hydrogen (secondary N) is 2. The van der Waals surface area contributed by atoms with Crippen LogP contribution in [0, 0.1) is 23.3 Å². The molecule has 0 heterocycles. The molecule has 0 unspecified atom stereocenters. The molecular weight excluding hydrogens is 348 g/mol. The third-order valence-electron chi connectivity index (χ3n) is 3.67. The number of amides is 1. The lowest BCUT2D eigenvalue weighted by atomic mass is 10.0. The maximum atomic E-state index is 13.5. The van der Waals surface area contributed by atoms with Crippen LogP contribution in [-0.4, -0.2) is 5.91 Å². The van der Waals surface area contributed by atoms with Crippen LogP contribution in [0.2, 0.25) is 0 Å². The van der Waals surface area contributed by atoms with Crippen LogP contribution in [0.3, 0.4) is 0 Å². The van der Waals surface area contributed by atoms with Crippen LogP contribution in [-0.2, 0) is 0 Å². The standard InChI is InChI=1S/C19H12F4N2O/c20-14-10-15(21)17(23)18(16(14)22)24-25-19(26)13-8-6-12(7-9-13)11-4-2-1-3-5-11/h1-10,24H,(H,25,26). The van der Waals surface area contributed by atoms with Crippen molar-refractivity contribution in [2.24, 2.45) is 0 Å². The molecule has 0 saturated heterocycles. The Morgan fingerprint density at radius 1 is 0.731 bits per heavy atom. The first-order valence-electron chi connectivity index (χ1n) is 7.52. The molecule has 0 spiro atoms. The van der Waals surface area contributed by atoms with Gasteiger partial charge in [-0.05, 0) is 23.3 Å². The normalized spacial score (nSPS) is 10.5. The van der Waals surface area contributed by atoms with Crippen molar-refractivity contribution in [3.63, 3.8) is 0 Å². The summed E-state index contributed by atoms with van der Waals surface area (Å²) in [5.41, 5.74) is 4.79. The summed E-state index contributed by atoms with van der Waals surface area (Å²) in [6, 6.07) is 15.9. The number of halogens is 4. The van der Waals surface area contributed by atoms with Gasteiger partial charge in [0.1, 0.15) is 5.69 Å². The molecule has 3 aromatic rings. The Bertz CT molecular complexity index is 918. The molecule has 0 bridgehead atoms. The van der Waals surface area contributed by atoms with Gasteiger partial charge in [0.25, 0.3) is 5.91 Å². The first kappa shape index (κ1) is 17.5. The van der Waals surface area contributed by atoms with Gasteiger partial charge in [0, 0.05) is 11.6 Å². The van der Waals surface area contributed by atoms with Gasteiger partial charge >= 0.3 is 0 Å². The second-order valence-corrected chi connectivity index (χ2v) is 5.37. The van der Waals surface area contributed by atoms with E-state index in [2.05, 4.69) is 0 Å². The number of carbonyl (C=O) groups excluding carboxylic acids is 1. The van der Waals surface area contributed by atoms with Gasteiger partial charge in [-0.15, -0.1) is 0 Å². The number of benzene rings is 3. The van der Waals surface area contributed by atoms with Gasteiger partial charge in [-0.2, -0.15) is 0 Å². The first-order valence-corrected chi connectivity index (χ1v) is 7.52. The van der Waals surface area contributed by atoms with Crippen molar-refractivity contribution in [1.82, 2.24) is 5.43 Å². The van der Waals surface area contributed by atoms with E-state index in [-0.39, 0.29) is 11.6 Å². The van der Waals surface area contributed by atoms with Crippen molar-refractivity contribution < 1.29 is 22.4 Å². The third-order valence-corrected chi connectivity index (χ3v) is 3.67. The fourth-order valence-electron chi connectivity index (χ4n) is 2.32. The van der Waals surface area contributed by atoms with Gasteiger partial charge in [0.05, 0.1) is 0 Å². The molecule has 1 amide bonds. The van der Waals surface area contributed by atoms with Gasteiger partial charge in [-0.1, -0.05) is 42.5 Å². The second-order valence-electron chi connectivity index (χ2n) is 5.37. The monoisotopic (exact) mass is 360 g/mol. The summed E-state index contributed by atoms with van der Waals surface area (Å²) >= 11 is 0. The molecule has 0 fully saturated rings. The number of hydrazine groups is 1. The largest absolute Gasteiger partial charge is 0.293 e. The van der Waals surface area contributed by atoms with Crippen molar-refractivity contribution in [1.29, 1.82) is 0 Å². The van der Waals surface area contributed by atoms with E-state index in [1.807, 2.05) is 41.2 Å². The van der Waals surface area contributed by atoms with Crippen LogP contribution in [0.15, 0.2) is 60.7 Å². The summed E-state index contributed by atoms with van der Waals surface area (Å²) in [6.07, 6.45) is 0. The molecule has 26 heavy (non-hydrogen) atoms. The molecule has 132 valence electrons. The van der Waals surface area contributed by atoms with Crippen LogP contribution < -0.4 is 10.9 Å². The molecule has 0 atom stereocenters. The Morgan fingerprint density at radius 2 is 1.27 bits per heavy atom. The number of hydrogen-bond donors (Lipinski definition) is 2. The smallest absolute Gasteiger partial charge is 0.269 e. The van der Waals surface area contributed by atoms with E-state index in [9.17, 15) is 22.4 Å². The van der Waals surface area contributed by atoms with E-state index in [0.717, 1.165) is 11.1 Å². The van der Waals surface area contributed by atoms with Crippen LogP contribution in [0.5, 0.6) is 0 Å². The molecular formula is C19H12F4N2O. The predicted molar refractivity (Wildman–Crippen MR) is 89.2 cm³/mol. The highest BCUT2D eigenvalue weighted by atomic mass is 19.2. The van der Waals surface area contributed by atoms with Crippen molar-refractivity contribution in [2.75, 3.05) is 5.43 Å². The van der Waals surface area contributed by atoms with E-state index in [4.69, 9.17) is 0 Å². The van der Waals surface area contributed by atoms with Gasteiger partial charge in [0.15, 0.2) is 23.3 Å². The zero-order chi connectivity index (χ0) is 18.7. The third kappa shape index (κ3) is 3.51. The van der Waals surface area contributed by atoms with Crippen molar-refractivity contribution in [3.05, 3.63) is 89.5 Å². The number of anilines is 1. The van der Waals surface area contributed by atoms with E-state index < -0.39 is 34.9 Å². The van der Waals surface area contributed by atoms with E-state index in [0.29, 0.717) is 0 Å². The predicted octanol–water partition coefficient (Wildman–Crippen LogP) is 4.67. The Morgan fingerprint density at radius 3 is 1.85 bits per heavy atom. The zero-order valence-electron chi connectivity index (χ0n) is 13.2. The van der Waals surface area contributed by atoms with Crippen LogP contribution in [0.4, 0.5) is 23.2 Å². The van der Waals surface area contributed by atoms with Gasteiger partial charge < -0.3 is 0 Å². The highest BCUT2D eigenvalue weighted by molar-refractivity contribution is 5.95. The summed E-state index contributed by atoms with van der Waals surface area (Å²) < 4.78 is 53.4. The average Bonchev–Trinajstić information content (AvgIpc) is 2.67. The minimum atomic E-state index is -1.64. The van der Waals surface area contributed by atoms with E-state index >= 15 is 0 Å². The second kappa shape index (κ2) is 7.26. The summed E-state index contributed by atoms with van der Waals surface area (Å²) in [4.78, 5) is 12.1. The minimum absolute atomic E-state index is 0.0833. The summed E-state index contributed by atoms with van der Waals surface area (Å²) in [7, 11) is 0. The topological polar surface area (TPSA) is 41.1 Å². The fraction of sp³-hybridized carbons (Fsp3) is 0. The Kier molecular flexibility index (Phi) is 4.88. The minimum Gasteiger partial charge on any atom is -0.293 e. The van der Waals surface area contributed by atoms with Crippen LogP contribution >= 0.6 is 0 Å². The molecule has 3 aromatic carbocycles. The molecule has 0 aliphatic heterocycles. The van der Waals surface area contributed by atoms with Crippen molar-refractivity contribution in [3.8, 4) is 11.1 Å². The lowest BCUT2D eigenvalue weighted by molar-refractivity contribution is 0.0962. The molecule has 0 aromatic heterocycles. The van der Waals surface area contributed by atoms with Crippen LogP contribution in [0.25, 0.3) is 11.1 Å². The lowest BCUT2D eigenvalue weighted by Crippen LogP contribution is -2.30. The first-order chi connectivity index (χ1) is 12.5. The summed E-state index contributed by atoms with van der Waals surface area (Å²) in [5, 5.41) is 0. The summed E-state index contributed by atoms with van der Waals surface area (Å²) in [6.45, 7) is 0. The number of hydrogen-bond acceptors (Lipinski definition) is 2. The Hall–Kier alpha value is -3.35. The Balaban J connectivity index is 1.73. The Labute approximate surface area is 146 Å². The van der Waals surface area contributed by atoms with Crippen molar-refractivity contribution in [2.45, 2.75) is 0 Å². The molecule has 0 saturated carbocycles. The molecule has 0 aliphatic rings. The maximum Gasteiger partial charge on any atom is 0.269 e. The number of carbonyl (C=O) groups is 1. The highest BCUT2D eigenvalue weighted by Gasteiger charge is 2.19. The SMILES string of the molecule is O=C(NNc1c(F)c(F)cc(F)c1F)c1ccc(-c2ccccc2)cc1. The quantitative estimate of drug-likeness (QED) is 0.403. The highest BCUT2D eigenvalue weighted by Crippen LogP contribution is 2.23. The van der Waals surface area contributed by atoms with E-state index in [1.165, 1.54) is 12.1 Å². The zero-order valence-corrected chi connectivity index (χ0v) is 13.2. The molecule has 0 aliphatic carbocycles. The summed E-state index contributed by atoms with van der Waals surface area (Å²) in [5.74, 6) is -7.15. The maximum absolute atomic E-state index is 13.5. The van der Waals surface area contributed by atoms with Gasteiger partial charge in [-0.25, -0.2) is 17.6 Å². The molecule has 7 heteroatoms. The molecule has 2 N–H and O–H groups in total. The van der Waals surface area contributed by atoms with Gasteiger partial charge in [-0.3, -0.25) is 15.6 Å². The van der Waals surface area contributed by atoms with Crippen molar-refractivity contribution >= 4 is 11.6 Å². The fourth-order valence-corrected chi connectivity index (χ4v) is 2.32. The average molecular weight is 360 g/mol. The lowest BCUT2D eigenvalue weighted by Gasteiger charge is -2.11. The molecule has 0 radical (unpaired) electrons. The molecule has 3 rings (SSSR count). The van der Waals surface area contributed by atoms with Crippen LogP contribution in [0.1, 0.15) is 10.4 Å².